The van der Waals surface area contributed by atoms with Gasteiger partial charge in [-0.15, -0.1) is 0 Å². The molecule has 2 rings (SSSR count). The summed E-state index contributed by atoms with van der Waals surface area (Å²) >= 11 is 0. The first-order chi connectivity index (χ1) is 9.65. The van der Waals surface area contributed by atoms with Gasteiger partial charge in [-0.2, -0.15) is 0 Å². The van der Waals surface area contributed by atoms with E-state index in [0.29, 0.717) is 19.4 Å². The quantitative estimate of drug-likeness (QED) is 0.847. The summed E-state index contributed by atoms with van der Waals surface area (Å²) in [5.74, 6) is 0.122. The maximum absolute atomic E-state index is 12.1. The van der Waals surface area contributed by atoms with E-state index in [1.54, 1.807) is 17.3 Å². The van der Waals surface area contributed by atoms with Crippen LogP contribution in [0, 0.1) is 0 Å². The van der Waals surface area contributed by atoms with Gasteiger partial charge in [0.25, 0.3) is 0 Å². The lowest BCUT2D eigenvalue weighted by atomic mass is 10.1. The summed E-state index contributed by atoms with van der Waals surface area (Å²) < 4.78 is 0. The Balaban J connectivity index is 1.85. The molecular weight excluding hydrogens is 250 g/mol. The number of nitrogens with two attached hydrogens (primary N) is 1. The smallest absolute Gasteiger partial charge is 0.222 e. The molecule has 0 fully saturated rings. The van der Waals surface area contributed by atoms with Crippen molar-refractivity contribution < 1.29 is 4.79 Å². The molecule has 0 unspecified atom stereocenters. The van der Waals surface area contributed by atoms with E-state index in [1.165, 1.54) is 0 Å². The second-order valence-corrected chi connectivity index (χ2v) is 4.86. The van der Waals surface area contributed by atoms with Crippen LogP contribution in [0.1, 0.15) is 17.5 Å². The second-order valence-electron chi connectivity index (χ2n) is 4.86. The van der Waals surface area contributed by atoms with Crippen LogP contribution in [0.3, 0.4) is 0 Å². The van der Waals surface area contributed by atoms with Crippen molar-refractivity contribution in [2.75, 3.05) is 12.8 Å². The number of hydrogen-bond acceptors (Lipinski definition) is 3. The lowest BCUT2D eigenvalue weighted by Crippen LogP contribution is -2.26. The molecule has 0 aliphatic carbocycles. The van der Waals surface area contributed by atoms with E-state index in [1.807, 2.05) is 43.4 Å². The van der Waals surface area contributed by atoms with Crippen molar-refractivity contribution in [2.45, 2.75) is 19.4 Å². The van der Waals surface area contributed by atoms with Gasteiger partial charge in [0.15, 0.2) is 0 Å². The summed E-state index contributed by atoms with van der Waals surface area (Å²) in [6.45, 7) is 0.587. The molecule has 0 atom stereocenters. The summed E-state index contributed by atoms with van der Waals surface area (Å²) in [5.41, 5.74) is 8.58. The molecule has 4 heteroatoms. The first-order valence-electron chi connectivity index (χ1n) is 6.62. The second kappa shape index (κ2) is 6.70. The van der Waals surface area contributed by atoms with Crippen LogP contribution in [0.4, 0.5) is 5.69 Å². The highest BCUT2D eigenvalue weighted by molar-refractivity contribution is 5.76. The van der Waals surface area contributed by atoms with E-state index in [0.717, 1.165) is 16.8 Å². The minimum absolute atomic E-state index is 0.122. The Morgan fingerprint density at radius 3 is 2.75 bits per heavy atom. The number of nitrogen functional groups attached to an aromatic ring is 1. The first kappa shape index (κ1) is 14.1. The molecule has 1 aromatic carbocycles. The first-order valence-corrected chi connectivity index (χ1v) is 6.62. The predicted molar refractivity (Wildman–Crippen MR) is 79.9 cm³/mol. The van der Waals surface area contributed by atoms with Crippen LogP contribution < -0.4 is 5.73 Å². The van der Waals surface area contributed by atoms with Crippen LogP contribution in [-0.4, -0.2) is 22.8 Å². The van der Waals surface area contributed by atoms with Crippen LogP contribution in [0.15, 0.2) is 48.8 Å². The number of aryl methyl sites for hydroxylation is 1. The monoisotopic (exact) mass is 269 g/mol. The number of carbonyl (C=O) groups excluding carboxylic acids is 1. The van der Waals surface area contributed by atoms with Crippen LogP contribution >= 0.6 is 0 Å². The van der Waals surface area contributed by atoms with E-state index in [9.17, 15) is 4.79 Å². The minimum Gasteiger partial charge on any atom is -0.399 e. The molecule has 20 heavy (non-hydrogen) atoms. The van der Waals surface area contributed by atoms with E-state index in [2.05, 4.69) is 4.98 Å². The van der Waals surface area contributed by atoms with Crippen molar-refractivity contribution in [1.29, 1.82) is 0 Å². The van der Waals surface area contributed by atoms with Gasteiger partial charge in [-0.1, -0.05) is 18.2 Å². The van der Waals surface area contributed by atoms with Gasteiger partial charge in [0.1, 0.15) is 0 Å². The number of pyridine rings is 1. The van der Waals surface area contributed by atoms with Gasteiger partial charge in [-0.3, -0.25) is 9.78 Å². The molecule has 0 saturated heterocycles. The number of rotatable bonds is 5. The molecule has 2 aromatic rings. The summed E-state index contributed by atoms with van der Waals surface area (Å²) in [7, 11) is 1.81. The number of amides is 1. The fourth-order valence-electron chi connectivity index (χ4n) is 2.04. The van der Waals surface area contributed by atoms with Crippen molar-refractivity contribution >= 4 is 11.6 Å². The van der Waals surface area contributed by atoms with Crippen molar-refractivity contribution in [2.24, 2.45) is 0 Å². The minimum atomic E-state index is 0.122. The maximum Gasteiger partial charge on any atom is 0.222 e. The maximum atomic E-state index is 12.1. The molecule has 1 aromatic heterocycles. The Bertz CT molecular complexity index is 569. The molecule has 0 aliphatic heterocycles. The molecule has 0 spiro atoms. The predicted octanol–water partition coefficient (Wildman–Crippen LogP) is 2.25. The highest BCUT2D eigenvalue weighted by Crippen LogP contribution is 2.10. The van der Waals surface area contributed by atoms with E-state index in [4.69, 9.17) is 5.73 Å². The van der Waals surface area contributed by atoms with Gasteiger partial charge in [0.2, 0.25) is 5.91 Å². The van der Waals surface area contributed by atoms with Crippen LogP contribution in [-0.2, 0) is 17.8 Å². The Morgan fingerprint density at radius 1 is 1.25 bits per heavy atom. The van der Waals surface area contributed by atoms with E-state index >= 15 is 0 Å². The topological polar surface area (TPSA) is 59.2 Å². The standard InChI is InChI=1S/C16H19N3O/c1-19(12-14-5-3-9-18-11-14)16(20)8-7-13-4-2-6-15(17)10-13/h2-6,9-11H,7-8,12,17H2,1H3. The Kier molecular flexibility index (Phi) is 4.71. The summed E-state index contributed by atoms with van der Waals surface area (Å²) in [6.07, 6.45) is 4.70. The molecule has 0 aliphatic rings. The van der Waals surface area contributed by atoms with Crippen LogP contribution in [0.25, 0.3) is 0 Å². The zero-order chi connectivity index (χ0) is 14.4. The zero-order valence-electron chi connectivity index (χ0n) is 11.6. The van der Waals surface area contributed by atoms with E-state index < -0.39 is 0 Å². The molecule has 1 amide bonds. The van der Waals surface area contributed by atoms with Gasteiger partial charge in [0.05, 0.1) is 0 Å². The third kappa shape index (κ3) is 4.09. The van der Waals surface area contributed by atoms with Crippen LogP contribution in [0.5, 0.6) is 0 Å². The number of nitrogens with zero attached hydrogens (tertiary/aromatic N) is 2. The molecule has 0 radical (unpaired) electrons. The zero-order valence-corrected chi connectivity index (χ0v) is 11.6. The van der Waals surface area contributed by atoms with Crippen LogP contribution in [0.2, 0.25) is 0 Å². The van der Waals surface area contributed by atoms with E-state index in [-0.39, 0.29) is 5.91 Å². The molecule has 0 saturated carbocycles. The fourth-order valence-corrected chi connectivity index (χ4v) is 2.04. The summed E-state index contributed by atoms with van der Waals surface area (Å²) in [4.78, 5) is 17.9. The van der Waals surface area contributed by atoms with Gasteiger partial charge in [-0.25, -0.2) is 0 Å². The number of aromatic nitrogens is 1. The molecular formula is C16H19N3O. The Morgan fingerprint density at radius 2 is 2.05 bits per heavy atom. The highest BCUT2D eigenvalue weighted by Gasteiger charge is 2.09. The van der Waals surface area contributed by atoms with Crippen molar-refractivity contribution in [3.05, 3.63) is 59.9 Å². The molecule has 1 heterocycles. The number of hydrogen-bond donors (Lipinski definition) is 1. The SMILES string of the molecule is CN(Cc1cccnc1)C(=O)CCc1cccc(N)c1. The third-order valence-corrected chi connectivity index (χ3v) is 3.15. The number of benzene rings is 1. The van der Waals surface area contributed by atoms with Gasteiger partial charge in [0, 0.05) is 38.1 Å². The molecule has 104 valence electrons. The van der Waals surface area contributed by atoms with Gasteiger partial charge < -0.3 is 10.6 Å². The fraction of sp³-hybridized carbons (Fsp3) is 0.250. The summed E-state index contributed by atoms with van der Waals surface area (Å²) in [6, 6.07) is 11.5. The normalized spacial score (nSPS) is 10.2. The summed E-state index contributed by atoms with van der Waals surface area (Å²) in [5, 5.41) is 0. The third-order valence-electron chi connectivity index (χ3n) is 3.15. The molecule has 2 N–H and O–H groups in total. The number of anilines is 1. The number of carbonyl (C=O) groups is 1. The van der Waals surface area contributed by atoms with Gasteiger partial charge >= 0.3 is 0 Å². The largest absolute Gasteiger partial charge is 0.399 e. The lowest BCUT2D eigenvalue weighted by Gasteiger charge is -2.17. The highest BCUT2D eigenvalue weighted by atomic mass is 16.2. The molecule has 0 bridgehead atoms. The van der Waals surface area contributed by atoms with Gasteiger partial charge in [-0.05, 0) is 35.7 Å². The molecule has 4 nitrogen and oxygen atoms in total. The Labute approximate surface area is 119 Å². The average molecular weight is 269 g/mol. The Hall–Kier alpha value is -2.36. The lowest BCUT2D eigenvalue weighted by molar-refractivity contribution is -0.130. The van der Waals surface area contributed by atoms with Crippen molar-refractivity contribution in [3.63, 3.8) is 0 Å². The van der Waals surface area contributed by atoms with Crippen molar-refractivity contribution in [3.8, 4) is 0 Å². The average Bonchev–Trinajstić information content (AvgIpc) is 2.46. The van der Waals surface area contributed by atoms with Crippen molar-refractivity contribution in [1.82, 2.24) is 9.88 Å².